The lowest BCUT2D eigenvalue weighted by Gasteiger charge is -2.31. The number of anilines is 1. The number of rotatable bonds is 9. The number of imidazole rings is 1. The van der Waals surface area contributed by atoms with E-state index in [9.17, 15) is 18.7 Å². The summed E-state index contributed by atoms with van der Waals surface area (Å²) in [6.07, 6.45) is 5.60. The minimum absolute atomic E-state index is 0.0449. The Bertz CT molecular complexity index is 1510. The maximum absolute atomic E-state index is 13.8. The number of hydrogen-bond donors (Lipinski definition) is 2. The van der Waals surface area contributed by atoms with E-state index in [2.05, 4.69) is 20.0 Å². The molecule has 2 aromatic carbocycles. The predicted octanol–water partition coefficient (Wildman–Crippen LogP) is 4.98. The van der Waals surface area contributed by atoms with E-state index in [1.54, 1.807) is 36.3 Å². The SMILES string of the molecule is CNc1nccn1Cc1cc2c(c(-c3cc(CO)cnc3Cl)c1)CCN(Cc1cccc(OC(F)F)c1)C2=O. The van der Waals surface area contributed by atoms with Crippen LogP contribution in [0.5, 0.6) is 5.75 Å². The zero-order valence-electron chi connectivity index (χ0n) is 21.1. The van der Waals surface area contributed by atoms with Crippen molar-refractivity contribution in [2.75, 3.05) is 18.9 Å². The van der Waals surface area contributed by atoms with Crippen LogP contribution in [0.3, 0.4) is 0 Å². The lowest BCUT2D eigenvalue weighted by Crippen LogP contribution is -2.37. The van der Waals surface area contributed by atoms with E-state index >= 15 is 0 Å². The van der Waals surface area contributed by atoms with E-state index < -0.39 is 6.61 Å². The number of amides is 1. The highest BCUT2D eigenvalue weighted by atomic mass is 35.5. The normalized spacial score (nSPS) is 13.1. The van der Waals surface area contributed by atoms with Gasteiger partial charge >= 0.3 is 6.61 Å². The Morgan fingerprint density at radius 3 is 2.64 bits per heavy atom. The van der Waals surface area contributed by atoms with E-state index in [1.807, 2.05) is 22.9 Å². The van der Waals surface area contributed by atoms with Gasteiger partial charge in [-0.05, 0) is 64.6 Å². The highest BCUT2D eigenvalue weighted by Gasteiger charge is 2.28. The second-order valence-electron chi connectivity index (χ2n) is 9.14. The summed E-state index contributed by atoms with van der Waals surface area (Å²) in [6.45, 7) is -2.01. The van der Waals surface area contributed by atoms with E-state index in [0.29, 0.717) is 47.7 Å². The maximum atomic E-state index is 13.8. The Morgan fingerprint density at radius 2 is 1.87 bits per heavy atom. The first-order valence-electron chi connectivity index (χ1n) is 12.3. The van der Waals surface area contributed by atoms with Gasteiger partial charge in [-0.2, -0.15) is 8.78 Å². The van der Waals surface area contributed by atoms with Gasteiger partial charge in [0.05, 0.1) is 13.2 Å². The van der Waals surface area contributed by atoms with Crippen LogP contribution in [-0.2, 0) is 26.1 Å². The fraction of sp³-hybridized carbons (Fsp3) is 0.250. The van der Waals surface area contributed by atoms with E-state index in [4.69, 9.17) is 11.6 Å². The molecule has 0 spiro atoms. The van der Waals surface area contributed by atoms with Crippen molar-refractivity contribution < 1.29 is 23.4 Å². The molecule has 0 atom stereocenters. The number of aromatic nitrogens is 3. The molecule has 0 unspecified atom stereocenters. The van der Waals surface area contributed by atoms with Gasteiger partial charge in [0.2, 0.25) is 5.95 Å². The molecule has 0 bridgehead atoms. The molecule has 2 N–H and O–H groups in total. The van der Waals surface area contributed by atoms with Crippen LogP contribution >= 0.6 is 11.6 Å². The maximum Gasteiger partial charge on any atom is 0.387 e. The second-order valence-corrected chi connectivity index (χ2v) is 9.50. The molecule has 3 heterocycles. The molecule has 2 aromatic heterocycles. The number of nitrogens with one attached hydrogen (secondary N) is 1. The van der Waals surface area contributed by atoms with Crippen molar-refractivity contribution in [3.63, 3.8) is 0 Å². The van der Waals surface area contributed by atoms with Crippen molar-refractivity contribution in [3.8, 4) is 16.9 Å². The first-order chi connectivity index (χ1) is 18.9. The minimum Gasteiger partial charge on any atom is -0.435 e. The molecule has 8 nitrogen and oxygen atoms in total. The molecule has 0 aliphatic carbocycles. The number of aliphatic hydroxyl groups is 1. The van der Waals surface area contributed by atoms with Crippen LogP contribution in [0.2, 0.25) is 5.15 Å². The molecule has 202 valence electrons. The smallest absolute Gasteiger partial charge is 0.387 e. The van der Waals surface area contributed by atoms with Crippen LogP contribution in [0.1, 0.15) is 32.6 Å². The average molecular weight is 554 g/mol. The molecule has 5 rings (SSSR count). The molecular weight excluding hydrogens is 528 g/mol. The van der Waals surface area contributed by atoms with Crippen molar-refractivity contribution in [1.29, 1.82) is 0 Å². The van der Waals surface area contributed by atoms with Crippen molar-refractivity contribution in [2.45, 2.75) is 32.7 Å². The molecule has 1 amide bonds. The summed E-state index contributed by atoms with van der Waals surface area (Å²) < 4.78 is 31.8. The molecule has 0 saturated carbocycles. The van der Waals surface area contributed by atoms with Crippen LogP contribution in [0.25, 0.3) is 11.1 Å². The van der Waals surface area contributed by atoms with Crippen LogP contribution in [0, 0.1) is 0 Å². The van der Waals surface area contributed by atoms with Gasteiger partial charge in [0, 0.05) is 49.9 Å². The number of carbonyl (C=O) groups excluding carboxylic acids is 1. The number of fused-ring (bicyclic) bond motifs is 1. The summed E-state index contributed by atoms with van der Waals surface area (Å²) in [5.74, 6) is 0.542. The average Bonchev–Trinajstić information content (AvgIpc) is 3.37. The third-order valence-corrected chi connectivity index (χ3v) is 6.92. The largest absolute Gasteiger partial charge is 0.435 e. The highest BCUT2D eigenvalue weighted by molar-refractivity contribution is 6.32. The van der Waals surface area contributed by atoms with Crippen molar-refractivity contribution in [2.24, 2.45) is 0 Å². The van der Waals surface area contributed by atoms with Crippen LogP contribution in [-0.4, -0.2) is 50.7 Å². The Morgan fingerprint density at radius 1 is 1.08 bits per heavy atom. The summed E-state index contributed by atoms with van der Waals surface area (Å²) in [4.78, 5) is 24.0. The lowest BCUT2D eigenvalue weighted by atomic mass is 9.88. The molecule has 11 heteroatoms. The molecule has 0 radical (unpaired) electrons. The Labute approximate surface area is 228 Å². The van der Waals surface area contributed by atoms with Gasteiger partial charge in [-0.3, -0.25) is 4.79 Å². The number of aliphatic hydroxyl groups excluding tert-OH is 1. The molecule has 39 heavy (non-hydrogen) atoms. The number of carbonyl (C=O) groups is 1. The van der Waals surface area contributed by atoms with Crippen molar-refractivity contribution in [3.05, 3.63) is 94.0 Å². The Balaban J connectivity index is 1.54. The standard InChI is InChI=1S/C28H26ClF2N5O3/c1-32-28-33-6-8-36(28)15-18-10-22(23-12-19(16-37)13-34-25(23)29)21-5-7-35(26(38)24(21)11-18)14-17-3-2-4-20(9-17)39-27(30)31/h2-4,6,8-13,27,37H,5,7,14-16H2,1H3,(H,32,33). The molecule has 1 aliphatic heterocycles. The molecular formula is C28H26ClF2N5O3. The summed E-state index contributed by atoms with van der Waals surface area (Å²) in [5, 5.41) is 13.0. The zero-order chi connectivity index (χ0) is 27.5. The number of alkyl halides is 2. The quantitative estimate of drug-likeness (QED) is 0.284. The summed E-state index contributed by atoms with van der Waals surface area (Å²) in [7, 11) is 1.78. The zero-order valence-corrected chi connectivity index (χ0v) is 21.8. The van der Waals surface area contributed by atoms with Gasteiger partial charge in [0.1, 0.15) is 10.9 Å². The highest BCUT2D eigenvalue weighted by Crippen LogP contribution is 2.36. The first kappa shape index (κ1) is 26.6. The van der Waals surface area contributed by atoms with Crippen molar-refractivity contribution >= 4 is 23.5 Å². The fourth-order valence-electron chi connectivity index (χ4n) is 4.86. The van der Waals surface area contributed by atoms with Crippen LogP contribution < -0.4 is 10.1 Å². The van der Waals surface area contributed by atoms with E-state index in [-0.39, 0.29) is 30.0 Å². The second kappa shape index (κ2) is 11.4. The van der Waals surface area contributed by atoms with Gasteiger partial charge < -0.3 is 24.6 Å². The van der Waals surface area contributed by atoms with Gasteiger partial charge in [0.15, 0.2) is 0 Å². The molecule has 1 aliphatic rings. The topological polar surface area (TPSA) is 92.5 Å². The summed E-state index contributed by atoms with van der Waals surface area (Å²) in [6, 6.07) is 12.0. The third kappa shape index (κ3) is 5.71. The van der Waals surface area contributed by atoms with Crippen LogP contribution in [0.15, 0.2) is 61.1 Å². The number of nitrogens with zero attached hydrogens (tertiary/aromatic N) is 4. The lowest BCUT2D eigenvalue weighted by molar-refractivity contribution is -0.0499. The molecule has 4 aromatic rings. The monoisotopic (exact) mass is 553 g/mol. The van der Waals surface area contributed by atoms with E-state index in [1.165, 1.54) is 18.3 Å². The van der Waals surface area contributed by atoms with Gasteiger partial charge in [-0.15, -0.1) is 0 Å². The number of benzene rings is 2. The van der Waals surface area contributed by atoms with Crippen molar-refractivity contribution in [1.82, 2.24) is 19.4 Å². The predicted molar refractivity (Wildman–Crippen MR) is 143 cm³/mol. The Hall–Kier alpha value is -4.02. The summed E-state index contributed by atoms with van der Waals surface area (Å²) >= 11 is 6.52. The first-order valence-corrected chi connectivity index (χ1v) is 12.7. The Kier molecular flexibility index (Phi) is 7.76. The fourth-order valence-corrected chi connectivity index (χ4v) is 5.07. The van der Waals surface area contributed by atoms with Gasteiger partial charge in [-0.1, -0.05) is 23.7 Å². The minimum atomic E-state index is -2.93. The summed E-state index contributed by atoms with van der Waals surface area (Å²) in [5.41, 5.74) is 4.93. The number of halogens is 3. The number of hydrogen-bond acceptors (Lipinski definition) is 6. The van der Waals surface area contributed by atoms with Gasteiger partial charge in [0.25, 0.3) is 5.91 Å². The molecule has 0 saturated heterocycles. The number of pyridine rings is 1. The third-order valence-electron chi connectivity index (χ3n) is 6.62. The molecule has 0 fully saturated rings. The van der Waals surface area contributed by atoms with Gasteiger partial charge in [-0.25, -0.2) is 9.97 Å². The van der Waals surface area contributed by atoms with E-state index in [0.717, 1.165) is 16.7 Å². The van der Waals surface area contributed by atoms with Crippen LogP contribution in [0.4, 0.5) is 14.7 Å². The number of ether oxygens (including phenoxy) is 1.